The molecular weight excluding hydrogens is 184 g/mol. The molecule has 0 aromatic heterocycles. The number of benzene rings is 1. The van der Waals surface area contributed by atoms with Crippen molar-refractivity contribution in [3.05, 3.63) is 53.1 Å². The average Bonchev–Trinajstić information content (AvgIpc) is 2.61. The maximum atomic E-state index is 9.57. The van der Waals surface area contributed by atoms with Crippen LogP contribution in [0.3, 0.4) is 0 Å². The number of hydrogen-bond donors (Lipinski definition) is 1. The lowest BCUT2D eigenvalue weighted by molar-refractivity contribution is 0.468. The van der Waals surface area contributed by atoms with Crippen molar-refractivity contribution in [2.24, 2.45) is 0 Å². The van der Waals surface area contributed by atoms with Gasteiger partial charge >= 0.3 is 0 Å². The molecule has 0 saturated heterocycles. The lowest BCUT2D eigenvalue weighted by Gasteiger charge is -2.08. The third-order valence-electron chi connectivity index (χ3n) is 2.10. The molecule has 13 heavy (non-hydrogen) atoms. The Kier molecular flexibility index (Phi) is 2.11. The van der Waals surface area contributed by atoms with Gasteiger partial charge in [-0.1, -0.05) is 35.9 Å². The van der Waals surface area contributed by atoms with Crippen molar-refractivity contribution in [1.29, 1.82) is 0 Å². The van der Waals surface area contributed by atoms with Gasteiger partial charge in [0.1, 0.15) is 5.75 Å². The Morgan fingerprint density at radius 2 is 1.85 bits per heavy atom. The van der Waals surface area contributed by atoms with Crippen LogP contribution in [0.25, 0.3) is 0 Å². The van der Waals surface area contributed by atoms with Gasteiger partial charge in [-0.3, -0.25) is 0 Å². The first-order valence-corrected chi connectivity index (χ1v) is 4.48. The molecule has 1 N–H and O–H groups in total. The summed E-state index contributed by atoms with van der Waals surface area (Å²) in [6, 6.07) is 5.10. The van der Waals surface area contributed by atoms with E-state index in [1.807, 2.05) is 24.3 Å². The van der Waals surface area contributed by atoms with Crippen LogP contribution in [0.4, 0.5) is 0 Å². The van der Waals surface area contributed by atoms with E-state index in [1.54, 1.807) is 18.2 Å². The van der Waals surface area contributed by atoms with Crippen molar-refractivity contribution in [2.75, 3.05) is 0 Å². The molecule has 0 heterocycles. The van der Waals surface area contributed by atoms with E-state index in [2.05, 4.69) is 0 Å². The van der Waals surface area contributed by atoms with Gasteiger partial charge in [0.05, 0.1) is 0 Å². The molecule has 0 saturated carbocycles. The smallest absolute Gasteiger partial charge is 0.119 e. The first kappa shape index (κ1) is 8.39. The van der Waals surface area contributed by atoms with E-state index in [1.165, 1.54) is 0 Å². The molecule has 2 heteroatoms. The standard InChI is InChI=1S/C11H9ClO/c12-9-5-6-11(13)10(7-9)8-3-1-2-4-8/h1-8,13H. The van der Waals surface area contributed by atoms with E-state index in [4.69, 9.17) is 11.6 Å². The average molecular weight is 193 g/mol. The number of aromatic hydroxyl groups is 1. The van der Waals surface area contributed by atoms with Crippen LogP contribution in [-0.2, 0) is 0 Å². The van der Waals surface area contributed by atoms with Crippen molar-refractivity contribution in [2.45, 2.75) is 5.92 Å². The normalized spacial score (nSPS) is 15.5. The molecule has 0 aliphatic heterocycles. The van der Waals surface area contributed by atoms with Gasteiger partial charge in [0.2, 0.25) is 0 Å². The molecule has 0 unspecified atom stereocenters. The third-order valence-corrected chi connectivity index (χ3v) is 2.33. The first-order valence-electron chi connectivity index (χ1n) is 4.11. The van der Waals surface area contributed by atoms with E-state index < -0.39 is 0 Å². The highest BCUT2D eigenvalue weighted by Gasteiger charge is 2.11. The summed E-state index contributed by atoms with van der Waals surface area (Å²) < 4.78 is 0. The molecule has 1 nitrogen and oxygen atoms in total. The largest absolute Gasteiger partial charge is 0.508 e. The Morgan fingerprint density at radius 3 is 2.54 bits per heavy atom. The molecule has 0 spiro atoms. The molecule has 2 rings (SSSR count). The zero-order valence-electron chi connectivity index (χ0n) is 6.94. The molecule has 1 aliphatic carbocycles. The topological polar surface area (TPSA) is 20.2 Å². The van der Waals surface area contributed by atoms with E-state index in [-0.39, 0.29) is 5.92 Å². The quantitative estimate of drug-likeness (QED) is 0.724. The van der Waals surface area contributed by atoms with Crippen molar-refractivity contribution in [1.82, 2.24) is 0 Å². The molecule has 1 aliphatic rings. The zero-order valence-corrected chi connectivity index (χ0v) is 7.70. The summed E-state index contributed by atoms with van der Waals surface area (Å²) in [6.07, 6.45) is 7.97. The monoisotopic (exact) mass is 192 g/mol. The van der Waals surface area contributed by atoms with E-state index in [0.29, 0.717) is 10.8 Å². The highest BCUT2D eigenvalue weighted by Crippen LogP contribution is 2.32. The van der Waals surface area contributed by atoms with E-state index in [9.17, 15) is 5.11 Å². The maximum absolute atomic E-state index is 9.57. The van der Waals surface area contributed by atoms with Gasteiger partial charge in [0.25, 0.3) is 0 Å². The second kappa shape index (κ2) is 3.27. The molecule has 0 bridgehead atoms. The number of phenolic OH excluding ortho intramolecular Hbond substituents is 1. The lowest BCUT2D eigenvalue weighted by Crippen LogP contribution is -1.89. The molecule has 1 aromatic rings. The van der Waals surface area contributed by atoms with Crippen LogP contribution >= 0.6 is 11.6 Å². The summed E-state index contributed by atoms with van der Waals surface area (Å²) in [5.41, 5.74) is 0.859. The molecule has 1 aromatic carbocycles. The van der Waals surface area contributed by atoms with Gasteiger partial charge in [0, 0.05) is 16.5 Å². The molecule has 0 amide bonds. The predicted octanol–water partition coefficient (Wildman–Crippen LogP) is 3.26. The highest BCUT2D eigenvalue weighted by molar-refractivity contribution is 6.30. The first-order chi connectivity index (χ1) is 6.27. The summed E-state index contributed by atoms with van der Waals surface area (Å²) in [5.74, 6) is 0.462. The summed E-state index contributed by atoms with van der Waals surface area (Å²) in [6.45, 7) is 0. The number of allylic oxidation sites excluding steroid dienone is 4. The minimum absolute atomic E-state index is 0.165. The molecule has 0 fully saturated rings. The Hall–Kier alpha value is -1.21. The summed E-state index contributed by atoms with van der Waals surface area (Å²) in [5, 5.41) is 10.2. The van der Waals surface area contributed by atoms with Crippen LogP contribution in [0.15, 0.2) is 42.5 Å². The zero-order chi connectivity index (χ0) is 9.26. The van der Waals surface area contributed by atoms with Crippen LogP contribution in [0.1, 0.15) is 11.5 Å². The number of halogens is 1. The second-order valence-corrected chi connectivity index (χ2v) is 3.44. The predicted molar refractivity (Wildman–Crippen MR) is 54.1 cm³/mol. The SMILES string of the molecule is Oc1ccc(Cl)cc1C1C=CC=C1. The fourth-order valence-corrected chi connectivity index (χ4v) is 1.61. The van der Waals surface area contributed by atoms with Crippen molar-refractivity contribution in [3.63, 3.8) is 0 Å². The molecular formula is C11H9ClO. The van der Waals surface area contributed by atoms with Gasteiger partial charge in [-0.15, -0.1) is 0 Å². The van der Waals surface area contributed by atoms with Crippen molar-refractivity contribution < 1.29 is 5.11 Å². The third kappa shape index (κ3) is 1.61. The molecule has 0 radical (unpaired) electrons. The number of rotatable bonds is 1. The van der Waals surface area contributed by atoms with Crippen LogP contribution in [0, 0.1) is 0 Å². The van der Waals surface area contributed by atoms with E-state index in [0.717, 1.165) is 5.56 Å². The minimum Gasteiger partial charge on any atom is -0.508 e. The highest BCUT2D eigenvalue weighted by atomic mass is 35.5. The number of phenols is 1. The van der Waals surface area contributed by atoms with Gasteiger partial charge < -0.3 is 5.11 Å². The number of hydrogen-bond acceptors (Lipinski definition) is 1. The lowest BCUT2D eigenvalue weighted by atomic mass is 10.00. The van der Waals surface area contributed by atoms with Crippen LogP contribution < -0.4 is 0 Å². The Labute approximate surface area is 82.0 Å². The summed E-state index contributed by atoms with van der Waals surface area (Å²) in [7, 11) is 0. The summed E-state index contributed by atoms with van der Waals surface area (Å²) in [4.78, 5) is 0. The van der Waals surface area contributed by atoms with Crippen molar-refractivity contribution in [3.8, 4) is 5.75 Å². The molecule has 66 valence electrons. The Balaban J connectivity index is 2.44. The van der Waals surface area contributed by atoms with Crippen LogP contribution in [0.2, 0.25) is 5.02 Å². The van der Waals surface area contributed by atoms with Crippen LogP contribution in [-0.4, -0.2) is 5.11 Å². The van der Waals surface area contributed by atoms with Crippen LogP contribution in [0.5, 0.6) is 5.75 Å². The van der Waals surface area contributed by atoms with Gasteiger partial charge in [-0.25, -0.2) is 0 Å². The molecule has 0 atom stereocenters. The van der Waals surface area contributed by atoms with Gasteiger partial charge in [-0.2, -0.15) is 0 Å². The van der Waals surface area contributed by atoms with Gasteiger partial charge in [-0.05, 0) is 18.2 Å². The Bertz CT molecular complexity index is 368. The fraction of sp³-hybridized carbons (Fsp3) is 0.0909. The second-order valence-electron chi connectivity index (χ2n) is 3.00. The minimum atomic E-state index is 0.165. The van der Waals surface area contributed by atoms with Gasteiger partial charge in [0.15, 0.2) is 0 Å². The summed E-state index contributed by atoms with van der Waals surface area (Å²) >= 11 is 5.84. The Morgan fingerprint density at radius 1 is 1.15 bits per heavy atom. The van der Waals surface area contributed by atoms with Crippen molar-refractivity contribution >= 4 is 11.6 Å². The maximum Gasteiger partial charge on any atom is 0.119 e. The fourth-order valence-electron chi connectivity index (χ4n) is 1.43. The van der Waals surface area contributed by atoms with E-state index >= 15 is 0 Å².